The molecule has 0 spiro atoms. The Balaban J connectivity index is 1.78. The summed E-state index contributed by atoms with van der Waals surface area (Å²) in [7, 11) is 1.67. The van der Waals surface area contributed by atoms with Gasteiger partial charge in [-0.1, -0.05) is 13.0 Å². The third-order valence-electron chi connectivity index (χ3n) is 7.29. The predicted octanol–water partition coefficient (Wildman–Crippen LogP) is 5.05. The molecule has 3 fully saturated rings. The van der Waals surface area contributed by atoms with E-state index in [1.807, 2.05) is 44.3 Å². The van der Waals surface area contributed by atoms with Crippen molar-refractivity contribution in [3.63, 3.8) is 0 Å². The lowest BCUT2D eigenvalue weighted by molar-refractivity contribution is -0.0327. The van der Waals surface area contributed by atoms with E-state index in [1.54, 1.807) is 7.11 Å². The van der Waals surface area contributed by atoms with Crippen molar-refractivity contribution in [2.45, 2.75) is 56.9 Å². The fourth-order valence-corrected chi connectivity index (χ4v) is 5.80. The maximum absolute atomic E-state index is 13.3. The molecule has 5 nitrogen and oxygen atoms in total. The largest absolute Gasteiger partial charge is 0.497 e. The van der Waals surface area contributed by atoms with Crippen molar-refractivity contribution in [1.29, 1.82) is 0 Å². The Labute approximate surface area is 188 Å². The minimum absolute atomic E-state index is 0.184. The third-order valence-corrected chi connectivity index (χ3v) is 8.86. The normalized spacial score (nSPS) is 27.7. The maximum Gasteiger partial charge on any atom is 0.161 e. The van der Waals surface area contributed by atoms with Gasteiger partial charge in [0.05, 0.1) is 17.4 Å². The minimum Gasteiger partial charge on any atom is -0.497 e. The van der Waals surface area contributed by atoms with Gasteiger partial charge < -0.3 is 4.74 Å². The average Bonchev–Trinajstić information content (AvgIpc) is 2.81. The van der Waals surface area contributed by atoms with Crippen LogP contribution in [0.4, 0.5) is 0 Å². The third kappa shape index (κ3) is 4.30. The standard InChI is InChI=1S/C25H34N2O3S/c1-6-17-16-27-13-11-18(17)14-23(27)24(30-31(28)25(3,4)7-2)20-10-12-26-22-9-8-19(29-5)15-21(20)22/h6,8-10,12,15,17-18,23-24H,1,7,11,13-14,16H2,2-5H3/t17-,18-,23-,24+,31?/m0/s1. The van der Waals surface area contributed by atoms with Crippen LogP contribution in [0.3, 0.4) is 0 Å². The molecule has 4 heterocycles. The van der Waals surface area contributed by atoms with Gasteiger partial charge in [-0.2, -0.15) is 0 Å². The van der Waals surface area contributed by atoms with E-state index in [0.29, 0.717) is 11.8 Å². The molecule has 2 bridgehead atoms. The number of ether oxygens (including phenoxy) is 1. The number of hydrogen-bond donors (Lipinski definition) is 0. The predicted molar refractivity (Wildman–Crippen MR) is 126 cm³/mol. The Morgan fingerprint density at radius 2 is 2.19 bits per heavy atom. The Bertz CT molecular complexity index is 976. The van der Waals surface area contributed by atoms with Crippen molar-refractivity contribution >= 4 is 22.0 Å². The number of nitrogens with zero attached hydrogens (tertiary/aromatic N) is 2. The summed E-state index contributed by atoms with van der Waals surface area (Å²) in [5.41, 5.74) is 1.93. The van der Waals surface area contributed by atoms with E-state index in [-0.39, 0.29) is 12.1 Å². The Morgan fingerprint density at radius 1 is 1.39 bits per heavy atom. The van der Waals surface area contributed by atoms with Crippen molar-refractivity contribution in [3.8, 4) is 5.75 Å². The van der Waals surface area contributed by atoms with Crippen LogP contribution in [0.1, 0.15) is 51.7 Å². The van der Waals surface area contributed by atoms with E-state index < -0.39 is 15.8 Å². The Morgan fingerprint density at radius 3 is 2.84 bits per heavy atom. The number of aromatic nitrogens is 1. The first-order valence-electron chi connectivity index (χ1n) is 11.3. The van der Waals surface area contributed by atoms with Gasteiger partial charge in [0.15, 0.2) is 11.1 Å². The highest BCUT2D eigenvalue weighted by atomic mass is 32.2. The number of hydrogen-bond acceptors (Lipinski definition) is 5. The number of piperidine rings is 3. The van der Waals surface area contributed by atoms with Crippen molar-refractivity contribution in [1.82, 2.24) is 9.88 Å². The van der Waals surface area contributed by atoms with Crippen molar-refractivity contribution in [2.24, 2.45) is 11.8 Å². The molecular weight excluding hydrogens is 408 g/mol. The first-order chi connectivity index (χ1) is 14.9. The number of fused-ring (bicyclic) bond motifs is 4. The molecule has 6 heteroatoms. The monoisotopic (exact) mass is 442 g/mol. The molecule has 5 rings (SSSR count). The topological polar surface area (TPSA) is 51.7 Å². The molecule has 31 heavy (non-hydrogen) atoms. The van der Waals surface area contributed by atoms with E-state index in [1.165, 1.54) is 6.42 Å². The molecule has 1 aromatic carbocycles. The Hall–Kier alpha value is -1.76. The van der Waals surface area contributed by atoms with Crippen molar-refractivity contribution in [2.75, 3.05) is 20.2 Å². The smallest absolute Gasteiger partial charge is 0.161 e. The van der Waals surface area contributed by atoms with Gasteiger partial charge in [0.25, 0.3) is 0 Å². The van der Waals surface area contributed by atoms with E-state index in [2.05, 4.69) is 29.5 Å². The van der Waals surface area contributed by atoms with Gasteiger partial charge in [-0.3, -0.25) is 14.1 Å². The summed E-state index contributed by atoms with van der Waals surface area (Å²) in [4.78, 5) is 7.06. The van der Waals surface area contributed by atoms with Gasteiger partial charge >= 0.3 is 0 Å². The molecule has 0 aliphatic carbocycles. The fraction of sp³-hybridized carbons (Fsp3) is 0.560. The number of benzene rings is 1. The highest BCUT2D eigenvalue weighted by Crippen LogP contribution is 2.44. The van der Waals surface area contributed by atoms with E-state index >= 15 is 0 Å². The highest BCUT2D eigenvalue weighted by molar-refractivity contribution is 7.81. The molecule has 3 aliphatic heterocycles. The molecule has 0 radical (unpaired) electrons. The van der Waals surface area contributed by atoms with E-state index in [4.69, 9.17) is 8.92 Å². The van der Waals surface area contributed by atoms with Crippen molar-refractivity contribution < 1.29 is 13.1 Å². The van der Waals surface area contributed by atoms with Crippen LogP contribution in [0.5, 0.6) is 5.75 Å². The number of rotatable bonds is 8. The van der Waals surface area contributed by atoms with Gasteiger partial charge in [0.2, 0.25) is 0 Å². The molecule has 1 aromatic heterocycles. The fourth-order valence-electron chi connectivity index (χ4n) is 4.88. The summed E-state index contributed by atoms with van der Waals surface area (Å²) < 4.78 is 24.9. The maximum atomic E-state index is 13.3. The van der Waals surface area contributed by atoms with Gasteiger partial charge in [0.1, 0.15) is 11.9 Å². The Kier molecular flexibility index (Phi) is 6.52. The summed E-state index contributed by atoms with van der Waals surface area (Å²) in [6, 6.07) is 8.13. The lowest BCUT2D eigenvalue weighted by Crippen LogP contribution is -2.55. The zero-order valence-corrected chi connectivity index (χ0v) is 19.9. The quantitative estimate of drug-likeness (QED) is 0.536. The molecule has 0 amide bonds. The first-order valence-corrected chi connectivity index (χ1v) is 12.3. The zero-order chi connectivity index (χ0) is 22.2. The molecule has 3 saturated heterocycles. The summed E-state index contributed by atoms with van der Waals surface area (Å²) in [6.45, 7) is 12.2. The van der Waals surface area contributed by atoms with Crippen LogP contribution in [0.2, 0.25) is 0 Å². The lowest BCUT2D eigenvalue weighted by Gasteiger charge is -2.51. The molecule has 2 aromatic rings. The van der Waals surface area contributed by atoms with Gasteiger partial charge in [-0.25, -0.2) is 4.21 Å². The zero-order valence-electron chi connectivity index (χ0n) is 19.0. The molecule has 2 unspecified atom stereocenters. The summed E-state index contributed by atoms with van der Waals surface area (Å²) >= 11 is -1.42. The molecule has 6 atom stereocenters. The van der Waals surface area contributed by atoms with Crippen LogP contribution < -0.4 is 4.74 Å². The van der Waals surface area contributed by atoms with Crippen LogP contribution in [0.15, 0.2) is 43.1 Å². The molecule has 0 saturated carbocycles. The van der Waals surface area contributed by atoms with Gasteiger partial charge in [-0.15, -0.1) is 6.58 Å². The number of methoxy groups -OCH3 is 1. The minimum atomic E-state index is -1.42. The van der Waals surface area contributed by atoms with Gasteiger partial charge in [-0.05, 0) is 81.3 Å². The molecule has 3 aliphatic rings. The van der Waals surface area contributed by atoms with E-state index in [9.17, 15) is 4.21 Å². The SMILES string of the molecule is C=C[C@H]1CN2CC[C@H]1C[C@H]2[C@H](OS(=O)C(C)(C)CC)c1ccnc2ccc(OC)cc12. The summed E-state index contributed by atoms with van der Waals surface area (Å²) in [5.74, 6) is 1.92. The molecule has 168 valence electrons. The molecule has 0 N–H and O–H groups in total. The van der Waals surface area contributed by atoms with Crippen LogP contribution in [0, 0.1) is 11.8 Å². The summed E-state index contributed by atoms with van der Waals surface area (Å²) in [5, 5.41) is 1.00. The van der Waals surface area contributed by atoms with Gasteiger partial charge in [0, 0.05) is 24.2 Å². The second-order valence-corrected chi connectivity index (χ2v) is 11.2. The highest BCUT2D eigenvalue weighted by Gasteiger charge is 2.44. The average molecular weight is 443 g/mol. The lowest BCUT2D eigenvalue weighted by atomic mass is 9.73. The van der Waals surface area contributed by atoms with Crippen LogP contribution >= 0.6 is 0 Å². The second-order valence-electron chi connectivity index (χ2n) is 9.39. The number of pyridine rings is 1. The second kappa shape index (κ2) is 9.00. The van der Waals surface area contributed by atoms with Crippen LogP contribution in [0.25, 0.3) is 10.9 Å². The van der Waals surface area contributed by atoms with Crippen molar-refractivity contribution in [3.05, 3.63) is 48.7 Å². The summed E-state index contributed by atoms with van der Waals surface area (Å²) in [6.07, 6.45) is 6.64. The van der Waals surface area contributed by atoms with Crippen LogP contribution in [-0.2, 0) is 15.3 Å². The van der Waals surface area contributed by atoms with Crippen LogP contribution in [-0.4, -0.2) is 45.1 Å². The van der Waals surface area contributed by atoms with E-state index in [0.717, 1.165) is 48.1 Å². The molecular formula is C25H34N2O3S. The first kappa shape index (κ1) is 22.4.